The fourth-order valence-electron chi connectivity index (χ4n) is 1.39. The van der Waals surface area contributed by atoms with Gasteiger partial charge in [-0.1, -0.05) is 6.92 Å². The molecule has 1 heterocycles. The molecular formula is C11H14N4OS. The van der Waals surface area contributed by atoms with Gasteiger partial charge in [0.1, 0.15) is 11.6 Å². The van der Waals surface area contributed by atoms with E-state index in [4.69, 9.17) is 5.73 Å². The van der Waals surface area contributed by atoms with E-state index in [-0.39, 0.29) is 5.75 Å². The first-order valence-electron chi connectivity index (χ1n) is 5.33. The Morgan fingerprint density at radius 2 is 2.29 bits per heavy atom. The van der Waals surface area contributed by atoms with E-state index in [2.05, 4.69) is 14.7 Å². The number of benzene rings is 1. The number of nitrogens with zero attached hydrogens (tertiary/aromatic N) is 2. The SMILES string of the molecule is CCc1nsc(NCc2cc(N)ccc2O)n1. The summed E-state index contributed by atoms with van der Waals surface area (Å²) in [7, 11) is 0. The molecule has 2 rings (SSSR count). The predicted octanol–water partition coefficient (Wildman–Crippen LogP) is 2.00. The van der Waals surface area contributed by atoms with Crippen LogP contribution in [-0.4, -0.2) is 14.5 Å². The van der Waals surface area contributed by atoms with Crippen molar-refractivity contribution < 1.29 is 5.11 Å². The van der Waals surface area contributed by atoms with Crippen LogP contribution in [-0.2, 0) is 13.0 Å². The van der Waals surface area contributed by atoms with Crippen molar-refractivity contribution in [3.8, 4) is 5.75 Å². The number of hydrogen-bond donors (Lipinski definition) is 3. The van der Waals surface area contributed by atoms with Crippen molar-refractivity contribution in [2.45, 2.75) is 19.9 Å². The molecule has 1 aromatic heterocycles. The Bertz CT molecular complexity index is 512. The minimum absolute atomic E-state index is 0.229. The number of nitrogen functional groups attached to an aromatic ring is 1. The zero-order valence-electron chi connectivity index (χ0n) is 9.47. The van der Waals surface area contributed by atoms with E-state index in [1.807, 2.05) is 6.92 Å². The topological polar surface area (TPSA) is 84.1 Å². The van der Waals surface area contributed by atoms with Crippen LogP contribution >= 0.6 is 11.5 Å². The summed E-state index contributed by atoms with van der Waals surface area (Å²) in [5.41, 5.74) is 7.04. The van der Waals surface area contributed by atoms with E-state index in [0.717, 1.165) is 22.9 Å². The highest BCUT2D eigenvalue weighted by Crippen LogP contribution is 2.21. The highest BCUT2D eigenvalue weighted by atomic mass is 32.1. The van der Waals surface area contributed by atoms with Crippen molar-refractivity contribution in [1.29, 1.82) is 0 Å². The molecule has 0 bridgehead atoms. The minimum Gasteiger partial charge on any atom is -0.508 e. The Labute approximate surface area is 103 Å². The van der Waals surface area contributed by atoms with Crippen LogP contribution in [0, 0.1) is 0 Å². The van der Waals surface area contributed by atoms with Crippen molar-refractivity contribution in [1.82, 2.24) is 9.36 Å². The number of aryl methyl sites for hydroxylation is 1. The molecule has 4 N–H and O–H groups in total. The highest BCUT2D eigenvalue weighted by molar-refractivity contribution is 7.09. The third-order valence-corrected chi connectivity index (χ3v) is 3.03. The maximum absolute atomic E-state index is 9.64. The Morgan fingerprint density at radius 3 is 3.00 bits per heavy atom. The second kappa shape index (κ2) is 5.01. The van der Waals surface area contributed by atoms with Gasteiger partial charge in [-0.25, -0.2) is 4.98 Å². The van der Waals surface area contributed by atoms with E-state index in [1.54, 1.807) is 18.2 Å². The average Bonchev–Trinajstić information content (AvgIpc) is 2.78. The van der Waals surface area contributed by atoms with Gasteiger partial charge in [0.05, 0.1) is 0 Å². The lowest BCUT2D eigenvalue weighted by molar-refractivity contribution is 0.469. The smallest absolute Gasteiger partial charge is 0.202 e. The first-order valence-corrected chi connectivity index (χ1v) is 6.10. The normalized spacial score (nSPS) is 10.4. The number of phenols is 1. The first kappa shape index (κ1) is 11.7. The van der Waals surface area contributed by atoms with Crippen molar-refractivity contribution in [2.24, 2.45) is 0 Å². The number of nitrogens with one attached hydrogen (secondary N) is 1. The van der Waals surface area contributed by atoms with E-state index in [1.165, 1.54) is 11.5 Å². The number of anilines is 2. The summed E-state index contributed by atoms with van der Waals surface area (Å²) in [4.78, 5) is 4.28. The molecule has 5 nitrogen and oxygen atoms in total. The van der Waals surface area contributed by atoms with Crippen molar-refractivity contribution >= 4 is 22.4 Å². The Balaban J connectivity index is 2.04. The van der Waals surface area contributed by atoms with Gasteiger partial charge >= 0.3 is 0 Å². The van der Waals surface area contributed by atoms with Gasteiger partial charge in [0.25, 0.3) is 0 Å². The van der Waals surface area contributed by atoms with Gasteiger partial charge in [0.2, 0.25) is 5.13 Å². The van der Waals surface area contributed by atoms with Crippen molar-refractivity contribution in [3.63, 3.8) is 0 Å². The molecule has 6 heteroatoms. The fraction of sp³-hybridized carbons (Fsp3) is 0.273. The number of nitrogens with two attached hydrogens (primary N) is 1. The zero-order valence-corrected chi connectivity index (χ0v) is 10.3. The van der Waals surface area contributed by atoms with Crippen molar-refractivity contribution in [3.05, 3.63) is 29.6 Å². The largest absolute Gasteiger partial charge is 0.508 e. The molecule has 2 aromatic rings. The van der Waals surface area contributed by atoms with Crippen LogP contribution < -0.4 is 11.1 Å². The van der Waals surface area contributed by atoms with Crippen LogP contribution in [0.25, 0.3) is 0 Å². The van der Waals surface area contributed by atoms with Gasteiger partial charge in [-0.3, -0.25) is 0 Å². The standard InChI is InChI=1S/C11H14N4OS/c1-2-10-14-11(17-15-10)13-6-7-5-8(12)3-4-9(7)16/h3-5,16H,2,6,12H2,1H3,(H,13,14,15). The van der Waals surface area contributed by atoms with Crippen LogP contribution in [0.2, 0.25) is 0 Å². The number of hydrogen-bond acceptors (Lipinski definition) is 6. The summed E-state index contributed by atoms with van der Waals surface area (Å²) in [6.07, 6.45) is 0.821. The second-order valence-electron chi connectivity index (χ2n) is 3.61. The monoisotopic (exact) mass is 250 g/mol. The molecule has 0 saturated heterocycles. The molecule has 1 aromatic carbocycles. The number of rotatable bonds is 4. The molecule has 0 aliphatic heterocycles. The quantitative estimate of drug-likeness (QED) is 0.571. The summed E-state index contributed by atoms with van der Waals surface area (Å²) in [6.45, 7) is 2.49. The van der Waals surface area contributed by atoms with Crippen LogP contribution in [0.5, 0.6) is 5.75 Å². The number of aromatic nitrogens is 2. The Kier molecular flexibility index (Phi) is 3.43. The molecule has 90 valence electrons. The van der Waals surface area contributed by atoms with E-state index in [9.17, 15) is 5.11 Å². The van der Waals surface area contributed by atoms with E-state index in [0.29, 0.717) is 12.2 Å². The molecule has 0 radical (unpaired) electrons. The van der Waals surface area contributed by atoms with Gasteiger partial charge in [-0.2, -0.15) is 4.37 Å². The molecule has 0 saturated carbocycles. The third kappa shape index (κ3) is 2.85. The van der Waals surface area contributed by atoms with Crippen molar-refractivity contribution in [2.75, 3.05) is 11.1 Å². The molecule has 0 amide bonds. The molecule has 0 atom stereocenters. The van der Waals surface area contributed by atoms with Gasteiger partial charge in [-0.15, -0.1) is 0 Å². The lowest BCUT2D eigenvalue weighted by Gasteiger charge is -2.06. The van der Waals surface area contributed by atoms with E-state index >= 15 is 0 Å². The first-order chi connectivity index (χ1) is 8.19. The van der Waals surface area contributed by atoms with E-state index < -0.39 is 0 Å². The Hall–Kier alpha value is -1.82. The summed E-state index contributed by atoms with van der Waals surface area (Å²) < 4.78 is 4.17. The van der Waals surface area contributed by atoms with Gasteiger partial charge in [0, 0.05) is 35.7 Å². The average molecular weight is 250 g/mol. The fourth-order valence-corrected chi connectivity index (χ4v) is 2.03. The lowest BCUT2D eigenvalue weighted by Crippen LogP contribution is -2.00. The molecule has 0 fully saturated rings. The maximum atomic E-state index is 9.64. The van der Waals surface area contributed by atoms with Gasteiger partial charge in [-0.05, 0) is 18.2 Å². The molecule has 17 heavy (non-hydrogen) atoms. The predicted molar refractivity (Wildman–Crippen MR) is 69.1 cm³/mol. The summed E-state index contributed by atoms with van der Waals surface area (Å²) in [5, 5.41) is 13.5. The van der Waals surface area contributed by atoms with Crippen LogP contribution in [0.1, 0.15) is 18.3 Å². The summed E-state index contributed by atoms with van der Waals surface area (Å²) in [6, 6.07) is 4.99. The van der Waals surface area contributed by atoms with Gasteiger partial charge in [0.15, 0.2) is 0 Å². The highest BCUT2D eigenvalue weighted by Gasteiger charge is 2.04. The third-order valence-electron chi connectivity index (χ3n) is 2.32. The van der Waals surface area contributed by atoms with Crippen LogP contribution in [0.3, 0.4) is 0 Å². The molecule has 0 aliphatic rings. The Morgan fingerprint density at radius 1 is 1.47 bits per heavy atom. The molecule has 0 unspecified atom stereocenters. The minimum atomic E-state index is 0.229. The molecule has 0 spiro atoms. The zero-order chi connectivity index (χ0) is 12.3. The second-order valence-corrected chi connectivity index (χ2v) is 4.36. The maximum Gasteiger partial charge on any atom is 0.202 e. The summed E-state index contributed by atoms with van der Waals surface area (Å²) >= 11 is 1.32. The van der Waals surface area contributed by atoms with Gasteiger partial charge < -0.3 is 16.2 Å². The summed E-state index contributed by atoms with van der Waals surface area (Å²) in [5.74, 6) is 1.06. The number of aromatic hydroxyl groups is 1. The number of phenolic OH excluding ortho intramolecular Hbond substituents is 1. The lowest BCUT2D eigenvalue weighted by atomic mass is 10.2. The van der Waals surface area contributed by atoms with Crippen LogP contribution in [0.15, 0.2) is 18.2 Å². The molecule has 0 aliphatic carbocycles. The van der Waals surface area contributed by atoms with Crippen LogP contribution in [0.4, 0.5) is 10.8 Å². The molecular weight excluding hydrogens is 236 g/mol.